The molecule has 0 aromatic heterocycles. The number of hydrogen-bond donors (Lipinski definition) is 3. The Labute approximate surface area is 103 Å². The maximum absolute atomic E-state index is 11.4. The minimum atomic E-state index is -1.75. The van der Waals surface area contributed by atoms with Gasteiger partial charge in [-0.3, -0.25) is 4.90 Å². The molecule has 7 heteroatoms. The topological polar surface area (TPSA) is 107 Å². The number of hydrogen-bond acceptors (Lipinski definition) is 4. The number of aliphatic carboxylic acids is 1. The first kappa shape index (κ1) is 12.8. The van der Waals surface area contributed by atoms with Crippen LogP contribution in [0.2, 0.25) is 0 Å². The SMILES string of the molecule is C=CC[C@]12CCOC1(O)CN(C(=O)O)[C@@H]2C(=O)O. The number of allylic oxidation sites excluding steroid dienone is 1. The van der Waals surface area contributed by atoms with Crippen LogP contribution in [0.1, 0.15) is 12.8 Å². The zero-order chi connectivity index (χ0) is 13.6. The number of aliphatic hydroxyl groups is 1. The molecule has 0 aromatic rings. The molecule has 0 spiro atoms. The van der Waals surface area contributed by atoms with E-state index in [0.29, 0.717) is 0 Å². The number of rotatable bonds is 3. The van der Waals surface area contributed by atoms with Crippen molar-refractivity contribution in [3.8, 4) is 0 Å². The summed E-state index contributed by atoms with van der Waals surface area (Å²) in [6.45, 7) is 3.40. The second kappa shape index (κ2) is 3.96. The van der Waals surface area contributed by atoms with Crippen LogP contribution in [0.4, 0.5) is 4.79 Å². The van der Waals surface area contributed by atoms with Crippen molar-refractivity contribution in [2.24, 2.45) is 5.41 Å². The lowest BCUT2D eigenvalue weighted by Crippen LogP contribution is -2.50. The quantitative estimate of drug-likeness (QED) is 0.619. The molecular formula is C11H15NO6. The number of fused-ring (bicyclic) bond motifs is 1. The van der Waals surface area contributed by atoms with Crippen molar-refractivity contribution in [2.75, 3.05) is 13.2 Å². The van der Waals surface area contributed by atoms with Crippen LogP contribution in [0.3, 0.4) is 0 Å². The number of likely N-dealkylation sites (tertiary alicyclic amines) is 1. The molecule has 2 aliphatic heterocycles. The number of nitrogens with zero attached hydrogens (tertiary/aromatic N) is 1. The molecule has 1 amide bonds. The molecule has 0 saturated carbocycles. The maximum atomic E-state index is 11.4. The lowest BCUT2D eigenvalue weighted by atomic mass is 9.72. The van der Waals surface area contributed by atoms with Crippen LogP contribution in [0.15, 0.2) is 12.7 Å². The summed E-state index contributed by atoms with van der Waals surface area (Å²) < 4.78 is 5.22. The Morgan fingerprint density at radius 2 is 2.17 bits per heavy atom. The van der Waals surface area contributed by atoms with Crippen LogP contribution in [-0.4, -0.2) is 57.3 Å². The Kier molecular flexibility index (Phi) is 2.83. The summed E-state index contributed by atoms with van der Waals surface area (Å²) in [5, 5.41) is 28.7. The van der Waals surface area contributed by atoms with Crippen molar-refractivity contribution in [3.63, 3.8) is 0 Å². The molecule has 0 bridgehead atoms. The monoisotopic (exact) mass is 257 g/mol. The number of β-amino-alcohol motifs (C(OH)–C–C–N with tert-alkyl or cyclic N) is 1. The minimum absolute atomic E-state index is 0.185. The third-order valence-electron chi connectivity index (χ3n) is 3.87. The number of amides is 1. The highest BCUT2D eigenvalue weighted by Gasteiger charge is 2.69. The Hall–Kier alpha value is -1.60. The molecule has 0 aliphatic carbocycles. The van der Waals surface area contributed by atoms with E-state index in [1.54, 1.807) is 0 Å². The summed E-state index contributed by atoms with van der Waals surface area (Å²) in [6, 6.07) is -1.32. The van der Waals surface area contributed by atoms with Gasteiger partial charge in [-0.25, -0.2) is 9.59 Å². The van der Waals surface area contributed by atoms with Gasteiger partial charge in [0.05, 0.1) is 18.6 Å². The zero-order valence-electron chi connectivity index (χ0n) is 9.70. The van der Waals surface area contributed by atoms with E-state index in [9.17, 15) is 19.8 Å². The van der Waals surface area contributed by atoms with Crippen LogP contribution in [0.5, 0.6) is 0 Å². The van der Waals surface area contributed by atoms with E-state index in [-0.39, 0.29) is 26.0 Å². The van der Waals surface area contributed by atoms with Crippen LogP contribution in [0, 0.1) is 5.41 Å². The molecule has 7 nitrogen and oxygen atoms in total. The second-order valence-corrected chi connectivity index (χ2v) is 4.68. The van der Waals surface area contributed by atoms with Gasteiger partial charge in [0.2, 0.25) is 0 Å². The van der Waals surface area contributed by atoms with Gasteiger partial charge in [-0.05, 0) is 12.8 Å². The van der Waals surface area contributed by atoms with Crippen LogP contribution in [-0.2, 0) is 9.53 Å². The van der Waals surface area contributed by atoms with E-state index in [1.807, 2.05) is 0 Å². The largest absolute Gasteiger partial charge is 0.480 e. The van der Waals surface area contributed by atoms with Gasteiger partial charge >= 0.3 is 12.1 Å². The first-order valence-corrected chi connectivity index (χ1v) is 5.57. The van der Waals surface area contributed by atoms with Crippen molar-refractivity contribution in [1.29, 1.82) is 0 Å². The molecule has 2 saturated heterocycles. The van der Waals surface area contributed by atoms with Crippen molar-refractivity contribution < 1.29 is 29.6 Å². The van der Waals surface area contributed by atoms with E-state index in [4.69, 9.17) is 9.84 Å². The number of carboxylic acid groups (broad SMARTS) is 2. The van der Waals surface area contributed by atoms with Crippen molar-refractivity contribution in [3.05, 3.63) is 12.7 Å². The standard InChI is InChI=1S/C11H15NO6/c1-2-3-10-4-5-18-11(10,17)6-12(9(15)16)7(10)8(13)14/h2,7,17H,1,3-6H2,(H,13,14)(H,15,16)/t7-,10-,11?/m1/s1. The highest BCUT2D eigenvalue weighted by atomic mass is 16.6. The summed E-state index contributed by atoms with van der Waals surface area (Å²) in [4.78, 5) is 23.2. The average Bonchev–Trinajstić information content (AvgIpc) is 2.66. The molecule has 18 heavy (non-hydrogen) atoms. The van der Waals surface area contributed by atoms with Gasteiger partial charge in [-0.2, -0.15) is 0 Å². The number of carboxylic acids is 1. The molecule has 2 rings (SSSR count). The van der Waals surface area contributed by atoms with Gasteiger partial charge in [0.25, 0.3) is 0 Å². The van der Waals surface area contributed by atoms with Gasteiger partial charge in [-0.1, -0.05) is 6.08 Å². The first-order chi connectivity index (χ1) is 8.38. The lowest BCUT2D eigenvalue weighted by Gasteiger charge is -2.35. The molecule has 1 unspecified atom stereocenters. The fourth-order valence-corrected chi connectivity index (χ4v) is 3.09. The fourth-order valence-electron chi connectivity index (χ4n) is 3.09. The highest BCUT2D eigenvalue weighted by Crippen LogP contribution is 2.54. The molecule has 2 aliphatic rings. The zero-order valence-corrected chi connectivity index (χ0v) is 9.70. The predicted octanol–water partition coefficient (Wildman–Crippen LogP) is 0.105. The molecule has 0 radical (unpaired) electrons. The Morgan fingerprint density at radius 3 is 2.67 bits per heavy atom. The molecule has 3 N–H and O–H groups in total. The maximum Gasteiger partial charge on any atom is 0.408 e. The van der Waals surface area contributed by atoms with Crippen LogP contribution in [0.25, 0.3) is 0 Å². The van der Waals surface area contributed by atoms with Crippen molar-refractivity contribution in [1.82, 2.24) is 4.90 Å². The summed E-state index contributed by atoms with van der Waals surface area (Å²) in [5.74, 6) is -3.02. The van der Waals surface area contributed by atoms with E-state index < -0.39 is 29.3 Å². The Bertz CT molecular complexity index is 410. The third-order valence-corrected chi connectivity index (χ3v) is 3.87. The Balaban J connectivity index is 2.50. The van der Waals surface area contributed by atoms with Gasteiger partial charge in [0, 0.05) is 0 Å². The molecule has 0 aromatic carbocycles. The third kappa shape index (κ3) is 1.44. The molecule has 100 valence electrons. The average molecular weight is 257 g/mol. The van der Waals surface area contributed by atoms with Gasteiger partial charge in [-0.15, -0.1) is 6.58 Å². The minimum Gasteiger partial charge on any atom is -0.480 e. The van der Waals surface area contributed by atoms with E-state index in [1.165, 1.54) is 6.08 Å². The van der Waals surface area contributed by atoms with E-state index in [2.05, 4.69) is 6.58 Å². The first-order valence-electron chi connectivity index (χ1n) is 5.57. The van der Waals surface area contributed by atoms with Gasteiger partial charge in [0.15, 0.2) is 5.79 Å². The molecule has 2 fully saturated rings. The molecule has 2 heterocycles. The van der Waals surface area contributed by atoms with Crippen LogP contribution < -0.4 is 0 Å². The van der Waals surface area contributed by atoms with E-state index >= 15 is 0 Å². The number of carbonyl (C=O) groups is 2. The number of ether oxygens (including phenoxy) is 1. The van der Waals surface area contributed by atoms with E-state index in [0.717, 1.165) is 4.90 Å². The molecular weight excluding hydrogens is 242 g/mol. The predicted molar refractivity (Wildman–Crippen MR) is 58.9 cm³/mol. The smallest absolute Gasteiger partial charge is 0.408 e. The summed E-state index contributed by atoms with van der Waals surface area (Å²) in [5.41, 5.74) is -1.15. The van der Waals surface area contributed by atoms with Crippen molar-refractivity contribution >= 4 is 12.1 Å². The normalized spacial score (nSPS) is 38.5. The summed E-state index contributed by atoms with van der Waals surface area (Å²) in [6.07, 6.45) is 0.582. The summed E-state index contributed by atoms with van der Waals surface area (Å²) in [7, 11) is 0. The lowest BCUT2D eigenvalue weighted by molar-refractivity contribution is -0.206. The fraction of sp³-hybridized carbons (Fsp3) is 0.636. The Morgan fingerprint density at radius 1 is 1.50 bits per heavy atom. The van der Waals surface area contributed by atoms with Gasteiger partial charge in [0.1, 0.15) is 6.04 Å². The second-order valence-electron chi connectivity index (χ2n) is 4.68. The highest BCUT2D eigenvalue weighted by molar-refractivity contribution is 5.82. The molecule has 3 atom stereocenters. The summed E-state index contributed by atoms with van der Waals surface area (Å²) >= 11 is 0. The van der Waals surface area contributed by atoms with Crippen LogP contribution >= 0.6 is 0 Å². The van der Waals surface area contributed by atoms with Crippen molar-refractivity contribution in [2.45, 2.75) is 24.7 Å². The van der Waals surface area contributed by atoms with Gasteiger partial charge < -0.3 is 20.1 Å².